The number of aryl methyl sites for hydroxylation is 1. The first-order valence-corrected chi connectivity index (χ1v) is 7.68. The number of hydrogen-bond donors (Lipinski definition) is 0. The zero-order chi connectivity index (χ0) is 13.4. The highest BCUT2D eigenvalue weighted by atomic mass is 79.9. The summed E-state index contributed by atoms with van der Waals surface area (Å²) < 4.78 is 6.69. The second-order valence-electron chi connectivity index (χ2n) is 5.35. The minimum atomic E-state index is 0.0312. The first-order valence-electron chi connectivity index (χ1n) is 6.45. The van der Waals surface area contributed by atoms with E-state index < -0.39 is 0 Å². The molecule has 0 spiro atoms. The van der Waals surface area contributed by atoms with E-state index in [9.17, 15) is 0 Å². The number of alkyl halides is 1. The minimum Gasteiger partial charge on any atom is -0.496 e. The van der Waals surface area contributed by atoms with Crippen LogP contribution in [0.5, 0.6) is 5.75 Å². The number of halogens is 2. The first-order chi connectivity index (χ1) is 8.47. The van der Waals surface area contributed by atoms with Gasteiger partial charge in [-0.15, -0.1) is 11.6 Å². The Hall–Kier alpha value is -0.210. The molecule has 3 heteroatoms. The molecule has 0 amide bonds. The third kappa shape index (κ3) is 2.55. The summed E-state index contributed by atoms with van der Waals surface area (Å²) in [5, 5.41) is 0.0312. The number of rotatable bonds is 4. The van der Waals surface area contributed by atoms with Gasteiger partial charge in [0.2, 0.25) is 0 Å². The summed E-state index contributed by atoms with van der Waals surface area (Å²) in [6.07, 6.45) is 2.64. The molecule has 2 rings (SSSR count). The summed E-state index contributed by atoms with van der Waals surface area (Å²) in [5.74, 6) is 2.24. The Balaban J connectivity index is 2.46. The molecular formula is C15H20BrClO. The van der Waals surface area contributed by atoms with Crippen LogP contribution in [0.4, 0.5) is 0 Å². The molecule has 0 aromatic heterocycles. The molecule has 0 bridgehead atoms. The summed E-state index contributed by atoms with van der Waals surface area (Å²) >= 11 is 10.3. The highest BCUT2D eigenvalue weighted by Gasteiger charge is 2.35. The van der Waals surface area contributed by atoms with E-state index in [0.29, 0.717) is 5.92 Å². The summed E-state index contributed by atoms with van der Waals surface area (Å²) in [5.41, 5.74) is 3.49. The van der Waals surface area contributed by atoms with Crippen LogP contribution in [0, 0.1) is 25.7 Å². The molecule has 1 aliphatic carbocycles. The van der Waals surface area contributed by atoms with Crippen LogP contribution in [0.15, 0.2) is 10.5 Å². The zero-order valence-corrected chi connectivity index (χ0v) is 13.7. The maximum atomic E-state index is 6.72. The molecule has 1 aromatic carbocycles. The molecule has 2 unspecified atom stereocenters. The molecule has 1 aliphatic rings. The number of ether oxygens (including phenoxy) is 1. The Bertz CT molecular complexity index is 454. The standard InChI is InChI=1S/C15H20BrClO/c1-8-7-12(16)10(3)13(15(8)18-4)14(17)9(2)11-5-6-11/h7,9,11,14H,5-6H2,1-4H3. The lowest BCUT2D eigenvalue weighted by Crippen LogP contribution is -2.10. The van der Waals surface area contributed by atoms with E-state index in [1.807, 2.05) is 0 Å². The van der Waals surface area contributed by atoms with Gasteiger partial charge in [0, 0.05) is 10.0 Å². The quantitative estimate of drug-likeness (QED) is 0.671. The van der Waals surface area contributed by atoms with Gasteiger partial charge in [-0.05, 0) is 55.7 Å². The predicted octanol–water partition coefficient (Wildman–Crippen LogP) is 5.40. The topological polar surface area (TPSA) is 9.23 Å². The minimum absolute atomic E-state index is 0.0312. The molecule has 1 saturated carbocycles. The van der Waals surface area contributed by atoms with Gasteiger partial charge in [-0.2, -0.15) is 0 Å². The third-order valence-corrected chi connectivity index (χ3v) is 5.45. The molecule has 0 saturated heterocycles. The molecule has 0 N–H and O–H groups in total. The average Bonchev–Trinajstić information content (AvgIpc) is 3.15. The van der Waals surface area contributed by atoms with Crippen molar-refractivity contribution in [3.8, 4) is 5.75 Å². The van der Waals surface area contributed by atoms with Gasteiger partial charge in [0.05, 0.1) is 12.5 Å². The fourth-order valence-electron chi connectivity index (χ4n) is 2.60. The van der Waals surface area contributed by atoms with Gasteiger partial charge in [0.1, 0.15) is 5.75 Å². The molecule has 2 atom stereocenters. The van der Waals surface area contributed by atoms with Crippen molar-refractivity contribution in [3.05, 3.63) is 27.2 Å². The van der Waals surface area contributed by atoms with Crippen LogP contribution in [0.25, 0.3) is 0 Å². The van der Waals surface area contributed by atoms with Crippen molar-refractivity contribution in [3.63, 3.8) is 0 Å². The fraction of sp³-hybridized carbons (Fsp3) is 0.600. The van der Waals surface area contributed by atoms with Crippen molar-refractivity contribution in [2.75, 3.05) is 7.11 Å². The Kier molecular flexibility index (Phi) is 4.28. The van der Waals surface area contributed by atoms with Gasteiger partial charge in [-0.3, -0.25) is 0 Å². The van der Waals surface area contributed by atoms with Crippen LogP contribution in [0.1, 0.15) is 41.8 Å². The van der Waals surface area contributed by atoms with E-state index in [4.69, 9.17) is 16.3 Å². The lowest BCUT2D eigenvalue weighted by Gasteiger charge is -2.24. The highest BCUT2D eigenvalue weighted by Crippen LogP contribution is 2.49. The normalized spacial score (nSPS) is 18.6. The summed E-state index contributed by atoms with van der Waals surface area (Å²) in [6.45, 7) is 6.43. The Labute approximate surface area is 123 Å². The molecule has 100 valence electrons. The van der Waals surface area contributed by atoms with Crippen LogP contribution < -0.4 is 4.74 Å². The second-order valence-corrected chi connectivity index (χ2v) is 6.67. The monoisotopic (exact) mass is 330 g/mol. The Morgan fingerprint density at radius 1 is 1.39 bits per heavy atom. The molecule has 18 heavy (non-hydrogen) atoms. The van der Waals surface area contributed by atoms with E-state index >= 15 is 0 Å². The summed E-state index contributed by atoms with van der Waals surface area (Å²) in [7, 11) is 1.73. The Morgan fingerprint density at radius 2 is 2.00 bits per heavy atom. The van der Waals surface area contributed by atoms with Gasteiger partial charge in [-0.1, -0.05) is 22.9 Å². The summed E-state index contributed by atoms with van der Waals surface area (Å²) in [6, 6.07) is 2.10. The van der Waals surface area contributed by atoms with Crippen LogP contribution >= 0.6 is 27.5 Å². The lowest BCUT2D eigenvalue weighted by atomic mass is 9.91. The van der Waals surface area contributed by atoms with Gasteiger partial charge in [0.25, 0.3) is 0 Å². The predicted molar refractivity (Wildman–Crippen MR) is 80.7 cm³/mol. The number of methoxy groups -OCH3 is 1. The molecule has 0 aliphatic heterocycles. The van der Waals surface area contributed by atoms with Crippen molar-refractivity contribution < 1.29 is 4.74 Å². The van der Waals surface area contributed by atoms with Crippen molar-refractivity contribution in [2.45, 2.75) is 39.0 Å². The molecule has 0 heterocycles. The summed E-state index contributed by atoms with van der Waals surface area (Å²) in [4.78, 5) is 0. The van der Waals surface area contributed by atoms with Crippen LogP contribution in [-0.2, 0) is 0 Å². The SMILES string of the molecule is COc1c(C)cc(Br)c(C)c1C(Cl)C(C)C1CC1. The molecule has 1 nitrogen and oxygen atoms in total. The van der Waals surface area contributed by atoms with Crippen LogP contribution in [0.3, 0.4) is 0 Å². The van der Waals surface area contributed by atoms with E-state index in [2.05, 4.69) is 42.8 Å². The smallest absolute Gasteiger partial charge is 0.126 e. The first kappa shape index (κ1) is 14.2. The van der Waals surface area contributed by atoms with Crippen LogP contribution in [0.2, 0.25) is 0 Å². The maximum Gasteiger partial charge on any atom is 0.126 e. The zero-order valence-electron chi connectivity index (χ0n) is 11.4. The third-order valence-electron chi connectivity index (χ3n) is 4.02. The van der Waals surface area contributed by atoms with Crippen molar-refractivity contribution in [1.29, 1.82) is 0 Å². The van der Waals surface area contributed by atoms with E-state index in [-0.39, 0.29) is 5.38 Å². The number of hydrogen-bond acceptors (Lipinski definition) is 1. The van der Waals surface area contributed by atoms with E-state index in [0.717, 1.165) is 27.3 Å². The van der Waals surface area contributed by atoms with Gasteiger partial charge in [0.15, 0.2) is 0 Å². The van der Waals surface area contributed by atoms with E-state index in [1.54, 1.807) is 7.11 Å². The Morgan fingerprint density at radius 3 is 2.50 bits per heavy atom. The van der Waals surface area contributed by atoms with Crippen LogP contribution in [-0.4, -0.2) is 7.11 Å². The van der Waals surface area contributed by atoms with Gasteiger partial charge < -0.3 is 4.74 Å². The second kappa shape index (κ2) is 5.42. The van der Waals surface area contributed by atoms with Crippen molar-refractivity contribution in [2.24, 2.45) is 11.8 Å². The molecule has 1 fully saturated rings. The van der Waals surface area contributed by atoms with Crippen molar-refractivity contribution in [1.82, 2.24) is 0 Å². The number of benzene rings is 1. The molecule has 0 radical (unpaired) electrons. The average molecular weight is 332 g/mol. The molecular weight excluding hydrogens is 312 g/mol. The van der Waals surface area contributed by atoms with Crippen molar-refractivity contribution >= 4 is 27.5 Å². The van der Waals surface area contributed by atoms with E-state index in [1.165, 1.54) is 18.4 Å². The fourth-order valence-corrected chi connectivity index (χ4v) is 3.63. The largest absolute Gasteiger partial charge is 0.496 e. The van der Waals surface area contributed by atoms with Gasteiger partial charge in [-0.25, -0.2) is 0 Å². The highest BCUT2D eigenvalue weighted by molar-refractivity contribution is 9.10. The maximum absolute atomic E-state index is 6.72. The lowest BCUT2D eigenvalue weighted by molar-refractivity contribution is 0.396. The van der Waals surface area contributed by atoms with Gasteiger partial charge >= 0.3 is 0 Å². The molecule has 1 aromatic rings.